The van der Waals surface area contributed by atoms with Gasteiger partial charge in [-0.1, -0.05) is 36.2 Å². The second-order valence-corrected chi connectivity index (χ2v) is 8.71. The maximum absolute atomic E-state index is 12.5. The topological polar surface area (TPSA) is 55.4 Å². The highest BCUT2D eigenvalue weighted by Gasteiger charge is 2.28. The Morgan fingerprint density at radius 1 is 1.36 bits per heavy atom. The number of esters is 1. The second-order valence-electron chi connectivity index (χ2n) is 6.76. The van der Waals surface area contributed by atoms with Crippen LogP contribution in [0.4, 0.5) is 5.00 Å². The van der Waals surface area contributed by atoms with Crippen molar-refractivity contribution in [3.63, 3.8) is 0 Å². The largest absolute Gasteiger partial charge is 0.462 e. The average molecular weight is 438 g/mol. The molecule has 4 nitrogen and oxygen atoms in total. The fourth-order valence-electron chi connectivity index (χ4n) is 3.21. The summed E-state index contributed by atoms with van der Waals surface area (Å²) >= 11 is 13.5. The molecular formula is C21H21Cl2NO3S. The number of rotatable bonds is 5. The molecule has 0 aliphatic heterocycles. The molecule has 1 heterocycles. The summed E-state index contributed by atoms with van der Waals surface area (Å²) in [5, 5.41) is 4.39. The van der Waals surface area contributed by atoms with Crippen molar-refractivity contribution in [2.45, 2.75) is 33.1 Å². The molecule has 0 fully saturated rings. The van der Waals surface area contributed by atoms with Crippen molar-refractivity contribution in [2.75, 3.05) is 11.9 Å². The van der Waals surface area contributed by atoms with E-state index in [9.17, 15) is 9.59 Å². The maximum atomic E-state index is 12.5. The predicted octanol–water partition coefficient (Wildman–Crippen LogP) is 6.01. The summed E-state index contributed by atoms with van der Waals surface area (Å²) < 4.78 is 5.23. The van der Waals surface area contributed by atoms with Crippen LogP contribution in [0.5, 0.6) is 0 Å². The monoisotopic (exact) mass is 437 g/mol. The van der Waals surface area contributed by atoms with Crippen LogP contribution in [0.1, 0.15) is 46.6 Å². The number of anilines is 1. The zero-order valence-electron chi connectivity index (χ0n) is 15.7. The highest BCUT2D eigenvalue weighted by Crippen LogP contribution is 2.40. The Hall–Kier alpha value is -1.82. The van der Waals surface area contributed by atoms with Gasteiger partial charge in [0.15, 0.2) is 0 Å². The number of amides is 1. The van der Waals surface area contributed by atoms with Crippen LogP contribution >= 0.6 is 34.5 Å². The summed E-state index contributed by atoms with van der Waals surface area (Å²) in [6.45, 7) is 4.27. The summed E-state index contributed by atoms with van der Waals surface area (Å²) in [7, 11) is 0. The molecule has 1 aliphatic rings. The molecule has 1 N–H and O–H groups in total. The van der Waals surface area contributed by atoms with Crippen LogP contribution < -0.4 is 5.32 Å². The summed E-state index contributed by atoms with van der Waals surface area (Å²) in [6, 6.07) is 5.07. The first-order valence-electron chi connectivity index (χ1n) is 9.14. The minimum atomic E-state index is -0.380. The van der Waals surface area contributed by atoms with Crippen LogP contribution in [0.2, 0.25) is 10.0 Å². The fourth-order valence-corrected chi connectivity index (χ4v) is 5.09. The smallest absolute Gasteiger partial charge is 0.341 e. The van der Waals surface area contributed by atoms with E-state index in [1.165, 1.54) is 17.4 Å². The van der Waals surface area contributed by atoms with Crippen LogP contribution in [0.25, 0.3) is 6.08 Å². The summed E-state index contributed by atoms with van der Waals surface area (Å²) in [5.41, 5.74) is 2.20. The first kappa shape index (κ1) is 20.9. The number of ether oxygens (including phenoxy) is 1. The molecular weight excluding hydrogens is 417 g/mol. The molecule has 0 bridgehead atoms. The first-order valence-corrected chi connectivity index (χ1v) is 10.7. The molecule has 1 aliphatic carbocycles. The molecule has 1 unspecified atom stereocenters. The Balaban J connectivity index is 1.83. The van der Waals surface area contributed by atoms with Crippen molar-refractivity contribution in [1.29, 1.82) is 0 Å². The van der Waals surface area contributed by atoms with Crippen molar-refractivity contribution in [3.8, 4) is 0 Å². The Morgan fingerprint density at radius 3 is 2.86 bits per heavy atom. The Labute approximate surface area is 178 Å². The quantitative estimate of drug-likeness (QED) is 0.460. The number of hydrogen-bond acceptors (Lipinski definition) is 4. The molecule has 0 saturated heterocycles. The molecule has 2 aromatic rings. The molecule has 0 saturated carbocycles. The lowest BCUT2D eigenvalue weighted by Gasteiger charge is -2.18. The van der Waals surface area contributed by atoms with Gasteiger partial charge in [-0.3, -0.25) is 4.79 Å². The lowest BCUT2D eigenvalue weighted by Crippen LogP contribution is -2.15. The highest BCUT2D eigenvalue weighted by atomic mass is 35.5. The van der Waals surface area contributed by atoms with Crippen LogP contribution in [0.15, 0.2) is 24.3 Å². The van der Waals surface area contributed by atoms with Gasteiger partial charge < -0.3 is 10.1 Å². The normalized spacial score (nSPS) is 16.1. The first-order chi connectivity index (χ1) is 13.4. The van der Waals surface area contributed by atoms with E-state index in [0.717, 1.165) is 29.7 Å². The van der Waals surface area contributed by atoms with Gasteiger partial charge in [-0.25, -0.2) is 4.79 Å². The highest BCUT2D eigenvalue weighted by molar-refractivity contribution is 7.17. The van der Waals surface area contributed by atoms with Crippen LogP contribution in [0.3, 0.4) is 0 Å². The SMILES string of the molecule is CCOC(=O)c1c(NC(=O)C=Cc2ccc(Cl)cc2Cl)sc2c1CCC(C)C2. The van der Waals surface area contributed by atoms with Crippen molar-refractivity contribution in [1.82, 2.24) is 0 Å². The standard InChI is InChI=1S/C21H21Cl2NO3S/c1-3-27-21(26)19-15-8-4-12(2)10-17(15)28-20(19)24-18(25)9-6-13-5-7-14(22)11-16(13)23/h5-7,9,11-12H,3-4,8,10H2,1-2H3,(H,24,25). The number of thiophene rings is 1. The number of carbonyl (C=O) groups is 2. The summed E-state index contributed by atoms with van der Waals surface area (Å²) in [6.07, 6.45) is 5.78. The van der Waals surface area contributed by atoms with E-state index >= 15 is 0 Å². The molecule has 0 radical (unpaired) electrons. The third-order valence-electron chi connectivity index (χ3n) is 4.60. The van der Waals surface area contributed by atoms with Gasteiger partial charge in [0.05, 0.1) is 12.2 Å². The molecule has 3 rings (SSSR count). The summed E-state index contributed by atoms with van der Waals surface area (Å²) in [4.78, 5) is 26.1. The van der Waals surface area contributed by atoms with Crippen LogP contribution in [-0.4, -0.2) is 18.5 Å². The van der Waals surface area contributed by atoms with Crippen molar-refractivity contribution >= 4 is 57.5 Å². The number of hydrogen-bond donors (Lipinski definition) is 1. The fraction of sp³-hybridized carbons (Fsp3) is 0.333. The Bertz CT molecular complexity index is 936. The molecule has 28 heavy (non-hydrogen) atoms. The Kier molecular flexibility index (Phi) is 6.81. The molecule has 1 amide bonds. The molecule has 148 valence electrons. The number of nitrogens with one attached hydrogen (secondary N) is 1. The van der Waals surface area contributed by atoms with E-state index in [1.807, 2.05) is 0 Å². The van der Waals surface area contributed by atoms with Gasteiger partial charge in [-0.15, -0.1) is 11.3 Å². The van der Waals surface area contributed by atoms with Gasteiger partial charge in [-0.05, 0) is 61.4 Å². The van der Waals surface area contributed by atoms with Gasteiger partial charge in [-0.2, -0.15) is 0 Å². The maximum Gasteiger partial charge on any atom is 0.341 e. The van der Waals surface area contributed by atoms with Crippen molar-refractivity contribution < 1.29 is 14.3 Å². The average Bonchev–Trinajstić information content (AvgIpc) is 2.97. The van der Waals surface area contributed by atoms with Gasteiger partial charge in [0.2, 0.25) is 5.91 Å². The predicted molar refractivity (Wildman–Crippen MR) is 116 cm³/mol. The minimum Gasteiger partial charge on any atom is -0.462 e. The number of carbonyl (C=O) groups excluding carboxylic acids is 2. The van der Waals surface area contributed by atoms with E-state index in [-0.39, 0.29) is 11.9 Å². The van der Waals surface area contributed by atoms with E-state index < -0.39 is 0 Å². The van der Waals surface area contributed by atoms with E-state index in [1.54, 1.807) is 31.2 Å². The number of halogens is 2. The zero-order chi connectivity index (χ0) is 20.3. The molecule has 0 spiro atoms. The molecule has 1 aromatic heterocycles. The number of fused-ring (bicyclic) bond motifs is 1. The van der Waals surface area contributed by atoms with Crippen molar-refractivity contribution in [3.05, 3.63) is 55.9 Å². The van der Waals surface area contributed by atoms with Crippen molar-refractivity contribution in [2.24, 2.45) is 5.92 Å². The van der Waals surface area contributed by atoms with E-state index in [0.29, 0.717) is 38.7 Å². The minimum absolute atomic E-state index is 0.294. The van der Waals surface area contributed by atoms with Gasteiger partial charge in [0, 0.05) is 21.0 Å². The van der Waals surface area contributed by atoms with Crippen LogP contribution in [-0.2, 0) is 22.4 Å². The third kappa shape index (κ3) is 4.77. The molecule has 7 heteroatoms. The van der Waals surface area contributed by atoms with Gasteiger partial charge >= 0.3 is 5.97 Å². The molecule has 1 atom stereocenters. The third-order valence-corrected chi connectivity index (χ3v) is 6.34. The van der Waals surface area contributed by atoms with Gasteiger partial charge in [0.1, 0.15) is 5.00 Å². The Morgan fingerprint density at radius 2 is 2.14 bits per heavy atom. The van der Waals surface area contributed by atoms with Crippen LogP contribution in [0, 0.1) is 5.92 Å². The van der Waals surface area contributed by atoms with E-state index in [2.05, 4.69) is 12.2 Å². The number of benzene rings is 1. The summed E-state index contributed by atoms with van der Waals surface area (Å²) in [5.74, 6) is -0.144. The van der Waals surface area contributed by atoms with E-state index in [4.69, 9.17) is 27.9 Å². The zero-order valence-corrected chi connectivity index (χ0v) is 18.0. The second kappa shape index (κ2) is 9.12. The lowest BCUT2D eigenvalue weighted by molar-refractivity contribution is -0.111. The molecule has 1 aromatic carbocycles. The van der Waals surface area contributed by atoms with Gasteiger partial charge in [0.25, 0.3) is 0 Å². The lowest BCUT2D eigenvalue weighted by atomic mass is 9.88.